The molecule has 4 nitrogen and oxygen atoms in total. The summed E-state index contributed by atoms with van der Waals surface area (Å²) in [5.41, 5.74) is 1.18. The minimum absolute atomic E-state index is 0.0573. The van der Waals surface area contributed by atoms with Gasteiger partial charge in [-0.3, -0.25) is 0 Å². The van der Waals surface area contributed by atoms with E-state index in [2.05, 4.69) is 50.8 Å². The van der Waals surface area contributed by atoms with Gasteiger partial charge in [-0.15, -0.1) is 0 Å². The SMILES string of the molecule is CC(C)(C)NC(=O)OC1CCC(NC2CC2c2ccc(Br)cc2)CC1. The Hall–Kier alpha value is -1.07. The highest BCUT2D eigenvalue weighted by Gasteiger charge is 2.40. The van der Waals surface area contributed by atoms with Crippen LogP contribution in [0.2, 0.25) is 0 Å². The molecule has 1 amide bonds. The number of rotatable bonds is 4. The molecule has 0 aromatic heterocycles. The Morgan fingerprint density at radius 1 is 1.12 bits per heavy atom. The summed E-state index contributed by atoms with van der Waals surface area (Å²) in [5, 5.41) is 6.67. The van der Waals surface area contributed by atoms with Crippen LogP contribution in [-0.4, -0.2) is 29.8 Å². The van der Waals surface area contributed by atoms with E-state index in [9.17, 15) is 4.79 Å². The summed E-state index contributed by atoms with van der Waals surface area (Å²) in [6, 6.07) is 9.83. The van der Waals surface area contributed by atoms with Gasteiger partial charge in [0, 0.05) is 28.0 Å². The lowest BCUT2D eigenvalue weighted by molar-refractivity contribution is 0.0639. The number of carbonyl (C=O) groups is 1. The first kappa shape index (κ1) is 18.7. The van der Waals surface area contributed by atoms with Crippen molar-refractivity contribution in [2.24, 2.45) is 0 Å². The van der Waals surface area contributed by atoms with Gasteiger partial charge in [-0.05, 0) is 70.6 Å². The van der Waals surface area contributed by atoms with Gasteiger partial charge in [-0.1, -0.05) is 28.1 Å². The normalized spacial score (nSPS) is 29.1. The molecule has 25 heavy (non-hydrogen) atoms. The van der Waals surface area contributed by atoms with Crippen LogP contribution in [0.4, 0.5) is 4.79 Å². The van der Waals surface area contributed by atoms with E-state index in [1.54, 1.807) is 0 Å². The van der Waals surface area contributed by atoms with Crippen molar-refractivity contribution in [3.8, 4) is 0 Å². The third-order valence-electron chi connectivity index (χ3n) is 4.96. The van der Waals surface area contributed by atoms with Crippen LogP contribution in [0.1, 0.15) is 64.4 Å². The van der Waals surface area contributed by atoms with E-state index >= 15 is 0 Å². The molecule has 0 saturated heterocycles. The fraction of sp³-hybridized carbons (Fsp3) is 0.650. The van der Waals surface area contributed by atoms with Gasteiger partial charge in [0.2, 0.25) is 0 Å². The molecule has 138 valence electrons. The average Bonchev–Trinajstić information content (AvgIpc) is 3.27. The Morgan fingerprint density at radius 2 is 1.76 bits per heavy atom. The molecule has 2 aliphatic carbocycles. The van der Waals surface area contributed by atoms with Crippen molar-refractivity contribution in [1.82, 2.24) is 10.6 Å². The molecule has 5 heteroatoms. The predicted molar refractivity (Wildman–Crippen MR) is 104 cm³/mol. The zero-order valence-corrected chi connectivity index (χ0v) is 16.9. The van der Waals surface area contributed by atoms with Gasteiger partial charge < -0.3 is 15.4 Å². The van der Waals surface area contributed by atoms with Crippen molar-refractivity contribution in [2.45, 2.75) is 82.5 Å². The molecule has 2 fully saturated rings. The maximum absolute atomic E-state index is 11.9. The summed E-state index contributed by atoms with van der Waals surface area (Å²) < 4.78 is 6.69. The lowest BCUT2D eigenvalue weighted by atomic mass is 9.93. The predicted octanol–water partition coefficient (Wildman–Crippen LogP) is 4.73. The number of carbonyl (C=O) groups excluding carboxylic acids is 1. The molecule has 2 aliphatic rings. The summed E-state index contributed by atoms with van der Waals surface area (Å²) in [4.78, 5) is 11.9. The minimum Gasteiger partial charge on any atom is -0.446 e. The third-order valence-corrected chi connectivity index (χ3v) is 5.49. The minimum atomic E-state index is -0.290. The quantitative estimate of drug-likeness (QED) is 0.756. The van der Waals surface area contributed by atoms with Crippen molar-refractivity contribution in [3.63, 3.8) is 0 Å². The Bertz CT molecular complexity index is 589. The number of amides is 1. The van der Waals surface area contributed by atoms with Crippen molar-refractivity contribution < 1.29 is 9.53 Å². The molecule has 2 unspecified atom stereocenters. The van der Waals surface area contributed by atoms with Crippen molar-refractivity contribution in [2.75, 3.05) is 0 Å². The molecule has 2 saturated carbocycles. The van der Waals surface area contributed by atoms with Crippen LogP contribution in [0.25, 0.3) is 0 Å². The Morgan fingerprint density at radius 3 is 2.36 bits per heavy atom. The molecular weight excluding hydrogens is 380 g/mol. The standard InChI is InChI=1S/C20H29BrN2O2/c1-20(2,3)23-19(24)25-16-10-8-15(9-11-16)22-18-12-17(18)13-4-6-14(21)7-5-13/h4-7,15-18,22H,8-12H2,1-3H3,(H,23,24). The van der Waals surface area contributed by atoms with Crippen LogP contribution in [0.5, 0.6) is 0 Å². The Labute approximate surface area is 159 Å². The van der Waals surface area contributed by atoms with Crippen LogP contribution in [0, 0.1) is 0 Å². The zero-order valence-electron chi connectivity index (χ0n) is 15.3. The maximum Gasteiger partial charge on any atom is 0.407 e. The van der Waals surface area contributed by atoms with Crippen LogP contribution < -0.4 is 10.6 Å². The van der Waals surface area contributed by atoms with E-state index in [4.69, 9.17) is 4.74 Å². The van der Waals surface area contributed by atoms with Gasteiger partial charge in [-0.25, -0.2) is 4.79 Å². The molecule has 1 aromatic rings. The largest absolute Gasteiger partial charge is 0.446 e. The molecule has 2 atom stereocenters. The lowest BCUT2D eigenvalue weighted by Crippen LogP contribution is -2.43. The molecular formula is C20H29BrN2O2. The molecule has 0 aliphatic heterocycles. The molecule has 0 bridgehead atoms. The van der Waals surface area contributed by atoms with Crippen LogP contribution in [-0.2, 0) is 4.74 Å². The lowest BCUT2D eigenvalue weighted by Gasteiger charge is -2.30. The summed E-state index contributed by atoms with van der Waals surface area (Å²) >= 11 is 3.49. The smallest absolute Gasteiger partial charge is 0.407 e. The topological polar surface area (TPSA) is 50.4 Å². The molecule has 3 rings (SSSR count). The van der Waals surface area contributed by atoms with Crippen LogP contribution >= 0.6 is 15.9 Å². The summed E-state index contributed by atoms with van der Waals surface area (Å²) in [6.07, 6.45) is 5.05. The maximum atomic E-state index is 11.9. The van der Waals surface area contributed by atoms with Gasteiger partial charge in [0.15, 0.2) is 0 Å². The van der Waals surface area contributed by atoms with E-state index in [-0.39, 0.29) is 17.7 Å². The zero-order chi connectivity index (χ0) is 18.0. The second-order valence-corrected chi connectivity index (χ2v) is 9.34. The number of alkyl carbamates (subject to hydrolysis) is 1. The number of hydrogen-bond donors (Lipinski definition) is 2. The van der Waals surface area contributed by atoms with Crippen LogP contribution in [0.15, 0.2) is 28.7 Å². The second-order valence-electron chi connectivity index (χ2n) is 8.42. The molecule has 0 spiro atoms. The van der Waals surface area contributed by atoms with E-state index in [1.807, 2.05) is 20.8 Å². The first-order valence-corrected chi connectivity index (χ1v) is 10.1. The highest BCUT2D eigenvalue weighted by molar-refractivity contribution is 9.10. The fourth-order valence-electron chi connectivity index (χ4n) is 3.59. The van der Waals surface area contributed by atoms with Gasteiger partial charge in [0.05, 0.1) is 0 Å². The van der Waals surface area contributed by atoms with Crippen molar-refractivity contribution >= 4 is 22.0 Å². The van der Waals surface area contributed by atoms with Crippen LogP contribution in [0.3, 0.4) is 0 Å². The van der Waals surface area contributed by atoms with Gasteiger partial charge in [0.25, 0.3) is 0 Å². The van der Waals surface area contributed by atoms with E-state index < -0.39 is 0 Å². The molecule has 0 heterocycles. The van der Waals surface area contributed by atoms with E-state index in [0.717, 1.165) is 30.2 Å². The van der Waals surface area contributed by atoms with Crippen molar-refractivity contribution in [3.05, 3.63) is 34.3 Å². The number of halogens is 1. The third kappa shape index (κ3) is 5.71. The van der Waals surface area contributed by atoms with E-state index in [1.165, 1.54) is 12.0 Å². The molecule has 2 N–H and O–H groups in total. The summed E-state index contributed by atoms with van der Waals surface area (Å²) in [6.45, 7) is 5.89. The first-order chi connectivity index (χ1) is 11.8. The van der Waals surface area contributed by atoms with Crippen molar-refractivity contribution in [1.29, 1.82) is 0 Å². The highest BCUT2D eigenvalue weighted by atomic mass is 79.9. The van der Waals surface area contributed by atoms with E-state index in [0.29, 0.717) is 18.0 Å². The van der Waals surface area contributed by atoms with Gasteiger partial charge in [0.1, 0.15) is 6.10 Å². The monoisotopic (exact) mass is 408 g/mol. The summed E-state index contributed by atoms with van der Waals surface area (Å²) in [5.74, 6) is 0.652. The number of ether oxygens (including phenoxy) is 1. The fourth-order valence-corrected chi connectivity index (χ4v) is 3.86. The first-order valence-electron chi connectivity index (χ1n) is 9.30. The Kier molecular flexibility index (Phi) is 5.74. The second kappa shape index (κ2) is 7.67. The molecule has 1 aromatic carbocycles. The molecule has 0 radical (unpaired) electrons. The summed E-state index contributed by atoms with van der Waals surface area (Å²) in [7, 11) is 0. The van der Waals surface area contributed by atoms with Gasteiger partial charge in [-0.2, -0.15) is 0 Å². The number of nitrogens with one attached hydrogen (secondary N) is 2. The average molecular weight is 409 g/mol. The number of benzene rings is 1. The van der Waals surface area contributed by atoms with Gasteiger partial charge >= 0.3 is 6.09 Å². The Balaban J connectivity index is 1.37. The number of hydrogen-bond acceptors (Lipinski definition) is 3. The highest BCUT2D eigenvalue weighted by Crippen LogP contribution is 2.42.